The SMILES string of the molecule is CCC(Nc1ncc(Cl)cn1)c1cccc(S(N)(=O)=O)c1. The van der Waals surface area contributed by atoms with E-state index in [1.165, 1.54) is 18.5 Å². The van der Waals surface area contributed by atoms with Gasteiger partial charge < -0.3 is 5.32 Å². The number of hydrogen-bond acceptors (Lipinski definition) is 5. The molecule has 1 heterocycles. The third-order valence-electron chi connectivity index (χ3n) is 2.92. The van der Waals surface area contributed by atoms with Gasteiger partial charge in [0.05, 0.1) is 28.4 Å². The molecule has 0 saturated carbocycles. The van der Waals surface area contributed by atoms with Crippen LogP contribution in [0.25, 0.3) is 0 Å². The number of aromatic nitrogens is 2. The van der Waals surface area contributed by atoms with Crippen molar-refractivity contribution in [3.63, 3.8) is 0 Å². The molecule has 0 saturated heterocycles. The summed E-state index contributed by atoms with van der Waals surface area (Å²) in [6.45, 7) is 1.97. The molecule has 1 atom stereocenters. The standard InChI is InChI=1S/C13H15ClN4O2S/c1-2-12(18-13-16-7-10(14)8-17-13)9-4-3-5-11(6-9)21(15,19)20/h3-8,12H,2H2,1H3,(H2,15,19,20)(H,16,17,18). The molecule has 1 aromatic heterocycles. The molecule has 112 valence electrons. The molecule has 0 aliphatic carbocycles. The maximum Gasteiger partial charge on any atom is 0.238 e. The molecular weight excluding hydrogens is 312 g/mol. The van der Waals surface area contributed by atoms with Crippen LogP contribution in [0.2, 0.25) is 5.02 Å². The van der Waals surface area contributed by atoms with Gasteiger partial charge in [-0.1, -0.05) is 30.7 Å². The molecule has 1 unspecified atom stereocenters. The van der Waals surface area contributed by atoms with E-state index in [-0.39, 0.29) is 10.9 Å². The number of benzene rings is 1. The zero-order valence-electron chi connectivity index (χ0n) is 11.3. The van der Waals surface area contributed by atoms with Gasteiger partial charge in [0.25, 0.3) is 0 Å². The van der Waals surface area contributed by atoms with Crippen LogP contribution in [-0.2, 0) is 10.0 Å². The quantitative estimate of drug-likeness (QED) is 0.878. The van der Waals surface area contributed by atoms with Crippen molar-refractivity contribution in [2.45, 2.75) is 24.3 Å². The van der Waals surface area contributed by atoms with Gasteiger partial charge in [0, 0.05) is 0 Å². The maximum atomic E-state index is 11.4. The normalized spacial score (nSPS) is 12.9. The molecule has 21 heavy (non-hydrogen) atoms. The molecular formula is C13H15ClN4O2S. The van der Waals surface area contributed by atoms with Crippen LogP contribution in [0.4, 0.5) is 5.95 Å². The summed E-state index contributed by atoms with van der Waals surface area (Å²) in [6.07, 6.45) is 3.70. The number of halogens is 1. The third-order valence-corrected chi connectivity index (χ3v) is 4.03. The van der Waals surface area contributed by atoms with Crippen LogP contribution in [0.15, 0.2) is 41.6 Å². The number of nitrogens with one attached hydrogen (secondary N) is 1. The van der Waals surface area contributed by atoms with E-state index in [2.05, 4.69) is 15.3 Å². The lowest BCUT2D eigenvalue weighted by Gasteiger charge is -2.17. The van der Waals surface area contributed by atoms with Crippen molar-refractivity contribution in [1.29, 1.82) is 0 Å². The fourth-order valence-corrected chi connectivity index (χ4v) is 2.54. The van der Waals surface area contributed by atoms with E-state index < -0.39 is 10.0 Å². The molecule has 0 amide bonds. The first-order chi connectivity index (χ1) is 9.90. The summed E-state index contributed by atoms with van der Waals surface area (Å²) in [5, 5.41) is 8.73. The summed E-state index contributed by atoms with van der Waals surface area (Å²) < 4.78 is 22.8. The summed E-state index contributed by atoms with van der Waals surface area (Å²) in [6, 6.07) is 6.36. The first-order valence-corrected chi connectivity index (χ1v) is 8.19. The highest BCUT2D eigenvalue weighted by Crippen LogP contribution is 2.23. The monoisotopic (exact) mass is 326 g/mol. The average Bonchev–Trinajstić information content (AvgIpc) is 2.46. The first-order valence-electron chi connectivity index (χ1n) is 6.27. The second kappa shape index (κ2) is 6.38. The third kappa shape index (κ3) is 4.13. The zero-order chi connectivity index (χ0) is 15.5. The van der Waals surface area contributed by atoms with Gasteiger partial charge in [0.15, 0.2) is 0 Å². The summed E-state index contributed by atoms with van der Waals surface area (Å²) in [4.78, 5) is 8.21. The van der Waals surface area contributed by atoms with Gasteiger partial charge in [0.1, 0.15) is 0 Å². The summed E-state index contributed by atoms with van der Waals surface area (Å²) in [7, 11) is -3.72. The van der Waals surface area contributed by atoms with Crippen molar-refractivity contribution in [1.82, 2.24) is 9.97 Å². The van der Waals surface area contributed by atoms with Crippen molar-refractivity contribution in [2.24, 2.45) is 5.14 Å². The van der Waals surface area contributed by atoms with Crippen molar-refractivity contribution >= 4 is 27.6 Å². The van der Waals surface area contributed by atoms with Gasteiger partial charge in [-0.3, -0.25) is 0 Å². The minimum absolute atomic E-state index is 0.0808. The molecule has 2 aromatic rings. The predicted octanol–water partition coefficient (Wildman–Crippen LogP) is 2.34. The van der Waals surface area contributed by atoms with Crippen LogP contribution < -0.4 is 10.5 Å². The second-order valence-electron chi connectivity index (χ2n) is 4.45. The van der Waals surface area contributed by atoms with Gasteiger partial charge >= 0.3 is 0 Å². The van der Waals surface area contributed by atoms with E-state index in [0.29, 0.717) is 11.0 Å². The number of primary sulfonamides is 1. The Balaban J connectivity index is 2.27. The lowest BCUT2D eigenvalue weighted by molar-refractivity contribution is 0.597. The van der Waals surface area contributed by atoms with Crippen LogP contribution in [0.1, 0.15) is 24.9 Å². The van der Waals surface area contributed by atoms with E-state index >= 15 is 0 Å². The predicted molar refractivity (Wildman–Crippen MR) is 81.5 cm³/mol. The van der Waals surface area contributed by atoms with E-state index in [1.807, 2.05) is 13.0 Å². The summed E-state index contributed by atoms with van der Waals surface area (Å²) in [5.74, 6) is 0.423. The molecule has 0 aliphatic rings. The molecule has 3 N–H and O–H groups in total. The first kappa shape index (κ1) is 15.7. The van der Waals surface area contributed by atoms with E-state index in [0.717, 1.165) is 12.0 Å². The lowest BCUT2D eigenvalue weighted by Crippen LogP contribution is -2.15. The Hall–Kier alpha value is -1.70. The number of anilines is 1. The smallest absolute Gasteiger partial charge is 0.238 e. The number of nitrogens with two attached hydrogens (primary N) is 1. The number of rotatable bonds is 5. The zero-order valence-corrected chi connectivity index (χ0v) is 12.9. The molecule has 0 fully saturated rings. The minimum Gasteiger partial charge on any atom is -0.347 e. The Labute approximate surface area is 128 Å². The highest BCUT2D eigenvalue weighted by molar-refractivity contribution is 7.89. The van der Waals surface area contributed by atoms with Crippen molar-refractivity contribution in [3.8, 4) is 0 Å². The molecule has 0 radical (unpaired) electrons. The van der Waals surface area contributed by atoms with Gasteiger partial charge in [-0.15, -0.1) is 0 Å². The van der Waals surface area contributed by atoms with E-state index in [1.54, 1.807) is 12.1 Å². The Kier molecular flexibility index (Phi) is 4.76. The van der Waals surface area contributed by atoms with Crippen molar-refractivity contribution < 1.29 is 8.42 Å². The van der Waals surface area contributed by atoms with Crippen molar-refractivity contribution in [2.75, 3.05) is 5.32 Å². The Morgan fingerprint density at radius 2 is 2.00 bits per heavy atom. The van der Waals surface area contributed by atoms with Gasteiger partial charge in [-0.25, -0.2) is 23.5 Å². The fourth-order valence-electron chi connectivity index (χ4n) is 1.87. The molecule has 0 spiro atoms. The van der Waals surface area contributed by atoms with Crippen LogP contribution in [0, 0.1) is 0 Å². The fraction of sp³-hybridized carbons (Fsp3) is 0.231. The summed E-state index contributed by atoms with van der Waals surface area (Å²) in [5.41, 5.74) is 0.794. The highest BCUT2D eigenvalue weighted by atomic mass is 35.5. The van der Waals surface area contributed by atoms with Gasteiger partial charge in [-0.05, 0) is 24.1 Å². The molecule has 1 aromatic carbocycles. The lowest BCUT2D eigenvalue weighted by atomic mass is 10.1. The van der Waals surface area contributed by atoms with Crippen LogP contribution in [0.5, 0.6) is 0 Å². The minimum atomic E-state index is -3.72. The number of sulfonamides is 1. The number of nitrogens with zero attached hydrogens (tertiary/aromatic N) is 2. The molecule has 6 nitrogen and oxygen atoms in total. The van der Waals surface area contributed by atoms with Crippen molar-refractivity contribution in [3.05, 3.63) is 47.2 Å². The molecule has 0 bridgehead atoms. The second-order valence-corrected chi connectivity index (χ2v) is 6.45. The van der Waals surface area contributed by atoms with Gasteiger partial charge in [0.2, 0.25) is 16.0 Å². The van der Waals surface area contributed by atoms with E-state index in [4.69, 9.17) is 16.7 Å². The molecule has 8 heteroatoms. The van der Waals surface area contributed by atoms with Crippen LogP contribution >= 0.6 is 11.6 Å². The average molecular weight is 327 g/mol. The number of hydrogen-bond donors (Lipinski definition) is 2. The highest BCUT2D eigenvalue weighted by Gasteiger charge is 2.14. The Bertz CT molecular complexity index is 719. The van der Waals surface area contributed by atoms with Crippen LogP contribution in [0.3, 0.4) is 0 Å². The Morgan fingerprint density at radius 1 is 1.33 bits per heavy atom. The van der Waals surface area contributed by atoms with Gasteiger partial charge in [-0.2, -0.15) is 0 Å². The topological polar surface area (TPSA) is 98.0 Å². The molecule has 2 rings (SSSR count). The molecule has 0 aliphatic heterocycles. The largest absolute Gasteiger partial charge is 0.347 e. The summed E-state index contributed by atoms with van der Waals surface area (Å²) >= 11 is 5.74. The Morgan fingerprint density at radius 3 is 2.57 bits per heavy atom. The van der Waals surface area contributed by atoms with Crippen LogP contribution in [-0.4, -0.2) is 18.4 Å². The maximum absolute atomic E-state index is 11.4. The van der Waals surface area contributed by atoms with E-state index in [9.17, 15) is 8.42 Å².